The molecule has 26 heavy (non-hydrogen) atoms. The first-order valence-corrected chi connectivity index (χ1v) is 8.32. The van der Waals surface area contributed by atoms with Crippen LogP contribution in [0.1, 0.15) is 37.8 Å². The quantitative estimate of drug-likeness (QED) is 0.626. The number of phenolic OH excluding ortho intramolecular Hbond substituents is 2. The Hall–Kier alpha value is -2.96. The van der Waals surface area contributed by atoms with Crippen LogP contribution in [0, 0.1) is 0 Å². The van der Waals surface area contributed by atoms with Crippen molar-refractivity contribution in [2.45, 2.75) is 23.7 Å². The lowest BCUT2D eigenvalue weighted by Gasteiger charge is -2.44. The molecule has 6 rings (SSSR count). The number of hydrogen-bond acceptors (Lipinski definition) is 6. The molecule has 3 aliphatic carbocycles. The highest BCUT2D eigenvalue weighted by Crippen LogP contribution is 2.62. The van der Waals surface area contributed by atoms with Crippen molar-refractivity contribution in [3.63, 3.8) is 0 Å². The minimum absolute atomic E-state index is 0.0712. The van der Waals surface area contributed by atoms with Crippen LogP contribution in [0.3, 0.4) is 0 Å². The molecule has 4 atom stereocenters. The topological polar surface area (TPSA) is 107 Å². The smallest absolute Gasteiger partial charge is 0.198 e. The molecular weight excluding hydrogens is 336 g/mol. The second-order valence-electron chi connectivity index (χ2n) is 7.19. The molecule has 0 radical (unpaired) electrons. The van der Waals surface area contributed by atoms with Gasteiger partial charge in [-0.25, -0.2) is 0 Å². The van der Waals surface area contributed by atoms with Crippen LogP contribution in [0.5, 0.6) is 11.5 Å². The van der Waals surface area contributed by atoms with Crippen LogP contribution < -0.4 is 0 Å². The third-order valence-corrected chi connectivity index (χ3v) is 5.98. The Balaban J connectivity index is 1.82. The number of Topliss-reactive ketones (excluding diaryl/α,β-unsaturated/α-hetero) is 1. The summed E-state index contributed by atoms with van der Waals surface area (Å²) in [5, 5.41) is 32.2. The van der Waals surface area contributed by atoms with Gasteiger partial charge in [0.05, 0.1) is 17.0 Å². The number of hydrogen-bond donors (Lipinski definition) is 3. The maximum Gasteiger partial charge on any atom is 0.198 e. The van der Waals surface area contributed by atoms with Gasteiger partial charge in [-0.2, -0.15) is 0 Å². The van der Waals surface area contributed by atoms with Crippen molar-refractivity contribution < 1.29 is 29.6 Å². The molecule has 0 bridgehead atoms. The van der Waals surface area contributed by atoms with E-state index in [1.165, 1.54) is 24.3 Å². The number of aromatic hydroxyl groups is 2. The van der Waals surface area contributed by atoms with Gasteiger partial charge in [-0.1, -0.05) is 12.1 Å². The highest BCUT2D eigenvalue weighted by molar-refractivity contribution is 6.13. The molecule has 2 aromatic carbocycles. The Kier molecular flexibility index (Phi) is 2.22. The van der Waals surface area contributed by atoms with E-state index in [1.54, 1.807) is 12.1 Å². The third kappa shape index (κ3) is 1.35. The summed E-state index contributed by atoms with van der Waals surface area (Å²) in [6, 6.07) is 6.15. The summed E-state index contributed by atoms with van der Waals surface area (Å²) in [7, 11) is 0. The summed E-state index contributed by atoms with van der Waals surface area (Å²) in [6.45, 7) is 0. The van der Waals surface area contributed by atoms with Crippen LogP contribution in [0.25, 0.3) is 11.1 Å². The van der Waals surface area contributed by atoms with Gasteiger partial charge in [-0.3, -0.25) is 9.59 Å². The standard InChI is InChI=1S/C20H12O6/c21-9-4-2-8-7-1-3-10(22)14-12(7)16(18-19(26-18)17(14)24)20(25)6-5-11(23)13(9)15(8)20/h1-6,16,18-19,21-22,25H/t16-,18+,19-,20-/m0/s1. The zero-order chi connectivity index (χ0) is 18.0. The first kappa shape index (κ1) is 14.2. The summed E-state index contributed by atoms with van der Waals surface area (Å²) in [5.74, 6) is -1.65. The van der Waals surface area contributed by atoms with Crippen LogP contribution in [0.4, 0.5) is 0 Å². The largest absolute Gasteiger partial charge is 0.507 e. The number of carbonyl (C=O) groups excluding carboxylic acids is 2. The van der Waals surface area contributed by atoms with Gasteiger partial charge in [-0.15, -0.1) is 0 Å². The molecule has 1 saturated heterocycles. The molecule has 4 aliphatic rings. The van der Waals surface area contributed by atoms with Crippen LogP contribution in [-0.4, -0.2) is 39.1 Å². The second-order valence-corrected chi connectivity index (χ2v) is 7.19. The maximum atomic E-state index is 12.6. The highest BCUT2D eigenvalue weighted by Gasteiger charge is 2.64. The Bertz CT molecular complexity index is 1110. The molecule has 0 unspecified atom stereocenters. The van der Waals surface area contributed by atoms with E-state index in [-0.39, 0.29) is 34.2 Å². The van der Waals surface area contributed by atoms with Crippen molar-refractivity contribution in [1.82, 2.24) is 0 Å². The molecule has 0 aromatic heterocycles. The van der Waals surface area contributed by atoms with Gasteiger partial charge in [0.25, 0.3) is 0 Å². The first-order valence-electron chi connectivity index (χ1n) is 8.32. The van der Waals surface area contributed by atoms with E-state index < -0.39 is 23.7 Å². The second kappa shape index (κ2) is 4.06. The molecule has 128 valence electrons. The zero-order valence-electron chi connectivity index (χ0n) is 13.3. The number of phenols is 2. The van der Waals surface area contributed by atoms with Crippen LogP contribution >= 0.6 is 0 Å². The number of aliphatic hydroxyl groups is 1. The average Bonchev–Trinajstić information content (AvgIpc) is 3.40. The minimum atomic E-state index is -1.60. The van der Waals surface area contributed by atoms with Crippen LogP contribution in [0.2, 0.25) is 0 Å². The highest BCUT2D eigenvalue weighted by atomic mass is 16.6. The van der Waals surface area contributed by atoms with Gasteiger partial charge in [-0.05, 0) is 41.0 Å². The molecule has 6 heteroatoms. The van der Waals surface area contributed by atoms with Gasteiger partial charge in [0.15, 0.2) is 11.6 Å². The number of epoxide rings is 1. The maximum absolute atomic E-state index is 12.6. The van der Waals surface area contributed by atoms with Gasteiger partial charge in [0.2, 0.25) is 0 Å². The lowest BCUT2D eigenvalue weighted by atomic mass is 9.60. The van der Waals surface area contributed by atoms with Crippen molar-refractivity contribution in [2.24, 2.45) is 0 Å². The Morgan fingerprint density at radius 1 is 0.962 bits per heavy atom. The van der Waals surface area contributed by atoms with E-state index in [4.69, 9.17) is 4.74 Å². The fourth-order valence-corrected chi connectivity index (χ4v) is 4.90. The molecule has 0 amide bonds. The molecule has 0 spiro atoms. The molecule has 2 aromatic rings. The molecule has 6 nitrogen and oxygen atoms in total. The third-order valence-electron chi connectivity index (χ3n) is 5.98. The molecule has 1 fully saturated rings. The molecular formula is C20H12O6. The van der Waals surface area contributed by atoms with Crippen LogP contribution in [-0.2, 0) is 10.3 Å². The fraction of sp³-hybridized carbons (Fsp3) is 0.200. The van der Waals surface area contributed by atoms with E-state index in [0.717, 1.165) is 0 Å². The molecule has 0 saturated carbocycles. The van der Waals surface area contributed by atoms with Crippen molar-refractivity contribution in [3.05, 3.63) is 58.7 Å². The number of fused-ring (bicyclic) bond motifs is 4. The summed E-state index contributed by atoms with van der Waals surface area (Å²) in [4.78, 5) is 25.0. The number of rotatable bonds is 0. The van der Waals surface area contributed by atoms with Gasteiger partial charge >= 0.3 is 0 Å². The number of carbonyl (C=O) groups is 2. The normalized spacial score (nSPS) is 32.0. The van der Waals surface area contributed by atoms with Crippen molar-refractivity contribution in [3.8, 4) is 22.6 Å². The number of ether oxygens (including phenoxy) is 1. The van der Waals surface area contributed by atoms with E-state index in [0.29, 0.717) is 22.3 Å². The SMILES string of the molecule is O=C1C=C[C@]2(O)c3c(ccc(O)c31)-c1ccc(O)c3c1[C@H]2[C@H]1O[C@H]1C3=O. The fourth-order valence-electron chi connectivity index (χ4n) is 4.90. The van der Waals surface area contributed by atoms with Gasteiger partial charge in [0, 0.05) is 5.56 Å². The monoisotopic (exact) mass is 348 g/mol. The number of allylic oxidation sites excluding steroid dienone is 1. The summed E-state index contributed by atoms with van der Waals surface area (Å²) < 4.78 is 5.55. The lowest BCUT2D eigenvalue weighted by molar-refractivity contribution is 0.0406. The van der Waals surface area contributed by atoms with Crippen LogP contribution in [0.15, 0.2) is 36.4 Å². The first-order chi connectivity index (χ1) is 12.4. The Morgan fingerprint density at radius 2 is 1.65 bits per heavy atom. The lowest BCUT2D eigenvalue weighted by Crippen LogP contribution is -2.44. The molecule has 1 heterocycles. The van der Waals surface area contributed by atoms with Gasteiger partial charge in [0.1, 0.15) is 29.3 Å². The van der Waals surface area contributed by atoms with E-state index in [1.807, 2.05) is 0 Å². The zero-order valence-corrected chi connectivity index (χ0v) is 13.3. The van der Waals surface area contributed by atoms with Crippen molar-refractivity contribution >= 4 is 11.6 Å². The van der Waals surface area contributed by atoms with Crippen molar-refractivity contribution in [2.75, 3.05) is 0 Å². The van der Waals surface area contributed by atoms with E-state index in [2.05, 4.69) is 0 Å². The Labute approximate surface area is 147 Å². The summed E-state index contributed by atoms with van der Waals surface area (Å²) in [6.07, 6.45) is 1.43. The molecule has 3 N–H and O–H groups in total. The minimum Gasteiger partial charge on any atom is -0.507 e. The van der Waals surface area contributed by atoms with Crippen molar-refractivity contribution in [1.29, 1.82) is 0 Å². The summed E-state index contributed by atoms with van der Waals surface area (Å²) >= 11 is 0. The van der Waals surface area contributed by atoms with E-state index in [9.17, 15) is 24.9 Å². The van der Waals surface area contributed by atoms with Gasteiger partial charge < -0.3 is 20.1 Å². The molecule has 1 aliphatic heterocycles. The number of ketones is 2. The number of benzene rings is 2. The Morgan fingerprint density at radius 3 is 2.42 bits per heavy atom. The predicted octanol–water partition coefficient (Wildman–Crippen LogP) is 1.77. The predicted molar refractivity (Wildman–Crippen MR) is 88.3 cm³/mol. The average molecular weight is 348 g/mol. The summed E-state index contributed by atoms with van der Waals surface area (Å²) in [5.41, 5.74) is 0.744. The van der Waals surface area contributed by atoms with E-state index >= 15 is 0 Å².